The molecule has 2 aromatic rings. The van der Waals surface area contributed by atoms with Crippen LogP contribution < -0.4 is 10.2 Å². The number of rotatable bonds is 6. The van der Waals surface area contributed by atoms with E-state index in [4.69, 9.17) is 9.72 Å². The van der Waals surface area contributed by atoms with Crippen molar-refractivity contribution < 1.29 is 19.4 Å². The van der Waals surface area contributed by atoms with Crippen LogP contribution in [0.1, 0.15) is 42.5 Å². The number of carbonyl (C=O) groups excluding carboxylic acids is 1. The minimum absolute atomic E-state index is 0.0611. The molecule has 2 saturated heterocycles. The van der Waals surface area contributed by atoms with Crippen molar-refractivity contribution in [3.8, 4) is 0 Å². The molecule has 1 aromatic carbocycles. The van der Waals surface area contributed by atoms with E-state index in [2.05, 4.69) is 15.1 Å². The maximum atomic E-state index is 12.0. The van der Waals surface area contributed by atoms with E-state index >= 15 is 0 Å². The number of carboxylic acids is 1. The fourth-order valence-corrected chi connectivity index (χ4v) is 4.70. The Morgan fingerprint density at radius 3 is 2.55 bits per heavy atom. The summed E-state index contributed by atoms with van der Waals surface area (Å²) < 4.78 is 4.83. The van der Waals surface area contributed by atoms with Gasteiger partial charge in [0.2, 0.25) is 5.91 Å². The van der Waals surface area contributed by atoms with E-state index in [-0.39, 0.29) is 18.1 Å². The van der Waals surface area contributed by atoms with Gasteiger partial charge in [0.05, 0.1) is 11.1 Å². The van der Waals surface area contributed by atoms with Crippen LogP contribution in [0.4, 0.5) is 11.5 Å². The number of likely N-dealkylation sites (tertiary alicyclic amines) is 1. The lowest BCUT2D eigenvalue weighted by Gasteiger charge is -2.40. The van der Waals surface area contributed by atoms with Crippen molar-refractivity contribution in [3.05, 3.63) is 29.8 Å². The molecule has 8 heteroatoms. The molecule has 2 fully saturated rings. The number of methoxy groups -OCH3 is 1. The van der Waals surface area contributed by atoms with Crippen LogP contribution >= 0.6 is 0 Å². The lowest BCUT2D eigenvalue weighted by Crippen LogP contribution is -2.47. The minimum atomic E-state index is -1.00. The summed E-state index contributed by atoms with van der Waals surface area (Å²) in [6, 6.07) is 7.43. The van der Waals surface area contributed by atoms with Crippen molar-refractivity contribution >= 4 is 34.3 Å². The Kier molecular flexibility index (Phi) is 6.67. The fraction of sp³-hybridized carbons (Fsp3) is 0.522. The molecular weight excluding hydrogens is 396 g/mol. The highest BCUT2D eigenvalue weighted by atomic mass is 16.5. The molecule has 0 saturated carbocycles. The van der Waals surface area contributed by atoms with E-state index in [0.717, 1.165) is 25.9 Å². The Bertz CT molecular complexity index is 950. The Morgan fingerprint density at radius 1 is 1.13 bits per heavy atom. The Balaban J connectivity index is 1.53. The number of aromatic nitrogens is 1. The molecule has 2 N–H and O–H groups in total. The first-order valence-corrected chi connectivity index (χ1v) is 11.0. The molecule has 0 unspecified atom stereocenters. The second kappa shape index (κ2) is 9.62. The topological polar surface area (TPSA) is 95.0 Å². The summed E-state index contributed by atoms with van der Waals surface area (Å²) in [4.78, 5) is 33.3. The zero-order chi connectivity index (χ0) is 21.8. The number of hydrogen-bond donors (Lipinski definition) is 2. The molecule has 3 heterocycles. The van der Waals surface area contributed by atoms with Gasteiger partial charge in [-0.2, -0.15) is 0 Å². The zero-order valence-corrected chi connectivity index (χ0v) is 18.0. The average Bonchev–Trinajstić information content (AvgIpc) is 2.79. The zero-order valence-electron chi connectivity index (χ0n) is 18.0. The molecule has 0 atom stereocenters. The number of benzene rings is 1. The normalized spacial score (nSPS) is 18.3. The van der Waals surface area contributed by atoms with Crippen molar-refractivity contribution in [2.45, 2.75) is 38.1 Å². The number of ether oxygens (including phenoxy) is 1. The van der Waals surface area contributed by atoms with Crippen LogP contribution in [-0.4, -0.2) is 72.8 Å². The molecule has 31 heavy (non-hydrogen) atoms. The number of carboxylic acid groups (broad SMARTS) is 1. The number of nitrogens with zero attached hydrogens (tertiary/aromatic N) is 3. The lowest BCUT2D eigenvalue weighted by molar-refractivity contribution is -0.119. The predicted octanol–water partition coefficient (Wildman–Crippen LogP) is 2.97. The first-order valence-electron chi connectivity index (χ1n) is 11.0. The second-order valence-corrected chi connectivity index (χ2v) is 8.36. The highest BCUT2D eigenvalue weighted by Crippen LogP contribution is 2.29. The van der Waals surface area contributed by atoms with Gasteiger partial charge in [0.15, 0.2) is 0 Å². The minimum Gasteiger partial charge on any atom is -0.478 e. The van der Waals surface area contributed by atoms with Crippen molar-refractivity contribution in [1.82, 2.24) is 9.88 Å². The number of pyridine rings is 1. The third-order valence-electron chi connectivity index (χ3n) is 6.28. The van der Waals surface area contributed by atoms with Crippen LogP contribution in [0.3, 0.4) is 0 Å². The van der Waals surface area contributed by atoms with Gasteiger partial charge in [-0.3, -0.25) is 4.79 Å². The monoisotopic (exact) mass is 426 g/mol. The van der Waals surface area contributed by atoms with Crippen molar-refractivity contribution in [2.24, 2.45) is 0 Å². The summed E-state index contributed by atoms with van der Waals surface area (Å²) in [5.41, 5.74) is 1.33. The second-order valence-electron chi connectivity index (χ2n) is 8.36. The molecule has 166 valence electrons. The quantitative estimate of drug-likeness (QED) is 0.733. The van der Waals surface area contributed by atoms with Crippen LogP contribution in [0.15, 0.2) is 24.3 Å². The third-order valence-corrected chi connectivity index (χ3v) is 6.28. The molecule has 4 rings (SSSR count). The molecule has 0 spiro atoms. The number of anilines is 2. The first kappa shape index (κ1) is 21.5. The van der Waals surface area contributed by atoms with Gasteiger partial charge in [-0.15, -0.1) is 0 Å². The van der Waals surface area contributed by atoms with Gasteiger partial charge < -0.3 is 25.0 Å². The molecule has 1 amide bonds. The van der Waals surface area contributed by atoms with E-state index in [1.807, 2.05) is 0 Å². The van der Waals surface area contributed by atoms with E-state index in [9.17, 15) is 14.7 Å². The maximum absolute atomic E-state index is 12.0. The largest absolute Gasteiger partial charge is 0.478 e. The van der Waals surface area contributed by atoms with Gasteiger partial charge in [-0.25, -0.2) is 9.78 Å². The summed E-state index contributed by atoms with van der Waals surface area (Å²) in [6.07, 6.45) is 6.08. The molecule has 0 bridgehead atoms. The van der Waals surface area contributed by atoms with Crippen LogP contribution in [0.25, 0.3) is 10.9 Å². The average molecular weight is 427 g/mol. The standard InChI is InChI=1S/C23H30N4O4/c1-31-15-22(28)24-16-5-6-20-18(13-16)19(23(29)30)14-21(25-20)27-11-7-17(8-12-27)26-9-3-2-4-10-26/h5-6,13-14,17H,2-4,7-12,15H2,1H3,(H,24,28)(H,29,30). The lowest BCUT2D eigenvalue weighted by atomic mass is 9.99. The highest BCUT2D eigenvalue weighted by Gasteiger charge is 2.27. The summed E-state index contributed by atoms with van der Waals surface area (Å²) in [5.74, 6) is -0.588. The third kappa shape index (κ3) is 4.97. The smallest absolute Gasteiger partial charge is 0.336 e. The van der Waals surface area contributed by atoms with Crippen molar-refractivity contribution in [3.63, 3.8) is 0 Å². The van der Waals surface area contributed by atoms with Gasteiger partial charge in [-0.05, 0) is 63.0 Å². The number of amides is 1. The molecule has 2 aliphatic heterocycles. The highest BCUT2D eigenvalue weighted by molar-refractivity contribution is 6.05. The molecule has 2 aliphatic rings. The van der Waals surface area contributed by atoms with Crippen LogP contribution in [-0.2, 0) is 9.53 Å². The van der Waals surface area contributed by atoms with Crippen molar-refractivity contribution in [1.29, 1.82) is 0 Å². The number of piperidine rings is 2. The summed E-state index contributed by atoms with van der Waals surface area (Å²) >= 11 is 0. The first-order chi connectivity index (χ1) is 15.0. The van der Waals surface area contributed by atoms with Crippen LogP contribution in [0.2, 0.25) is 0 Å². The van der Waals surface area contributed by atoms with Gasteiger partial charge >= 0.3 is 5.97 Å². The fourth-order valence-electron chi connectivity index (χ4n) is 4.70. The van der Waals surface area contributed by atoms with E-state index in [1.165, 1.54) is 39.5 Å². The molecular formula is C23H30N4O4. The molecule has 1 aromatic heterocycles. The number of hydrogen-bond acceptors (Lipinski definition) is 6. The Morgan fingerprint density at radius 2 is 1.87 bits per heavy atom. The van der Waals surface area contributed by atoms with Gasteiger partial charge in [0.1, 0.15) is 12.4 Å². The predicted molar refractivity (Wildman–Crippen MR) is 120 cm³/mol. The van der Waals surface area contributed by atoms with Gasteiger partial charge in [0.25, 0.3) is 0 Å². The number of fused-ring (bicyclic) bond motifs is 1. The van der Waals surface area contributed by atoms with Crippen LogP contribution in [0.5, 0.6) is 0 Å². The van der Waals surface area contributed by atoms with E-state index in [0.29, 0.717) is 28.5 Å². The molecule has 8 nitrogen and oxygen atoms in total. The SMILES string of the molecule is COCC(=O)Nc1ccc2nc(N3CCC(N4CCCCC4)CC3)cc(C(=O)O)c2c1. The maximum Gasteiger partial charge on any atom is 0.336 e. The summed E-state index contributed by atoms with van der Waals surface area (Å²) in [5, 5.41) is 13.0. The number of nitrogens with one attached hydrogen (secondary N) is 1. The van der Waals surface area contributed by atoms with Crippen molar-refractivity contribution in [2.75, 3.05) is 50.1 Å². The summed E-state index contributed by atoms with van der Waals surface area (Å²) in [6.45, 7) is 4.10. The number of carbonyl (C=O) groups is 2. The Labute approximate surface area is 182 Å². The van der Waals surface area contributed by atoms with Crippen LogP contribution in [0, 0.1) is 0 Å². The summed E-state index contributed by atoms with van der Waals surface area (Å²) in [7, 11) is 1.45. The molecule has 0 radical (unpaired) electrons. The van der Waals surface area contributed by atoms with E-state index in [1.54, 1.807) is 24.3 Å². The number of aromatic carboxylic acids is 1. The van der Waals surface area contributed by atoms with E-state index < -0.39 is 5.97 Å². The Hall–Kier alpha value is -2.71. The van der Waals surface area contributed by atoms with Gasteiger partial charge in [0, 0.05) is 37.3 Å². The molecule has 0 aliphatic carbocycles. The van der Waals surface area contributed by atoms with Gasteiger partial charge in [-0.1, -0.05) is 6.42 Å².